The van der Waals surface area contributed by atoms with Crippen molar-refractivity contribution < 1.29 is 0 Å². The van der Waals surface area contributed by atoms with E-state index in [4.69, 9.17) is 23.2 Å². The Bertz CT molecular complexity index is 268. The van der Waals surface area contributed by atoms with Crippen molar-refractivity contribution in [2.24, 2.45) is 0 Å². The maximum absolute atomic E-state index is 6.01. The Balaban J connectivity index is 1.63. The largest absolute Gasteiger partial charge is 0.207 e. The Labute approximate surface area is 122 Å². The van der Waals surface area contributed by atoms with Gasteiger partial charge in [0.1, 0.15) is 0 Å². The summed E-state index contributed by atoms with van der Waals surface area (Å²) in [6, 6.07) is 0. The van der Waals surface area contributed by atoms with Gasteiger partial charge < -0.3 is 0 Å². The summed E-state index contributed by atoms with van der Waals surface area (Å²) in [6.45, 7) is 0. The third-order valence-corrected chi connectivity index (χ3v) is 5.81. The number of hydrogen-bond acceptors (Lipinski definition) is 3. The molecule has 0 fully saturated rings. The molecule has 0 aromatic heterocycles. The van der Waals surface area contributed by atoms with Gasteiger partial charge in [0.15, 0.2) is 0 Å². The quantitative estimate of drug-likeness (QED) is 0.466. The van der Waals surface area contributed by atoms with Gasteiger partial charge in [-0.05, 0) is 25.7 Å². The average Bonchev–Trinajstić information content (AvgIpc) is 2.34. The van der Waals surface area contributed by atoms with Crippen molar-refractivity contribution in [3.05, 3.63) is 24.3 Å². The molecule has 0 aromatic rings. The number of allylic oxidation sites excluding steroid dienone is 2. The van der Waals surface area contributed by atoms with Crippen molar-refractivity contribution in [1.29, 1.82) is 0 Å². The monoisotopic (exact) mass is 309 g/mol. The SMILES string of the molecule is ClC1C=CC(SNSC2C=CC(Cl)CC2)CC1. The van der Waals surface area contributed by atoms with E-state index in [9.17, 15) is 0 Å². The average molecular weight is 310 g/mol. The molecule has 2 aliphatic rings. The molecule has 0 heterocycles. The zero-order valence-electron chi connectivity index (χ0n) is 9.52. The van der Waals surface area contributed by atoms with E-state index in [1.165, 1.54) is 0 Å². The first-order chi connectivity index (χ1) is 8.24. The number of nitrogens with one attached hydrogen (secondary N) is 1. The highest BCUT2D eigenvalue weighted by Gasteiger charge is 2.17. The Morgan fingerprint density at radius 1 is 0.765 bits per heavy atom. The fraction of sp³-hybridized carbons (Fsp3) is 0.667. The van der Waals surface area contributed by atoms with Crippen molar-refractivity contribution in [2.45, 2.75) is 46.9 Å². The zero-order chi connectivity index (χ0) is 12.1. The molecule has 0 aliphatic heterocycles. The molecular weight excluding hydrogens is 293 g/mol. The van der Waals surface area contributed by atoms with Crippen molar-refractivity contribution in [2.75, 3.05) is 0 Å². The Kier molecular flexibility index (Phi) is 6.11. The molecule has 0 amide bonds. The molecule has 4 atom stereocenters. The van der Waals surface area contributed by atoms with Crippen LogP contribution >= 0.6 is 47.1 Å². The zero-order valence-corrected chi connectivity index (χ0v) is 12.7. The molecule has 4 unspecified atom stereocenters. The van der Waals surface area contributed by atoms with Gasteiger partial charge in [-0.15, -0.1) is 23.2 Å². The second-order valence-corrected chi connectivity index (χ2v) is 7.82. The van der Waals surface area contributed by atoms with Gasteiger partial charge in [-0.2, -0.15) is 0 Å². The molecule has 0 radical (unpaired) electrons. The van der Waals surface area contributed by atoms with Crippen LogP contribution in [0, 0.1) is 0 Å². The predicted molar refractivity (Wildman–Crippen MR) is 81.9 cm³/mol. The highest BCUT2D eigenvalue weighted by Crippen LogP contribution is 2.29. The summed E-state index contributed by atoms with van der Waals surface area (Å²) >= 11 is 15.6. The molecule has 0 bridgehead atoms. The topological polar surface area (TPSA) is 12.0 Å². The van der Waals surface area contributed by atoms with E-state index in [1.807, 2.05) is 0 Å². The molecule has 1 N–H and O–H groups in total. The van der Waals surface area contributed by atoms with E-state index in [1.54, 1.807) is 23.9 Å². The second-order valence-electron chi connectivity index (χ2n) is 4.35. The number of rotatable bonds is 4. The lowest BCUT2D eigenvalue weighted by atomic mass is 10.1. The minimum atomic E-state index is 0.237. The van der Waals surface area contributed by atoms with E-state index in [0.717, 1.165) is 25.7 Å². The highest BCUT2D eigenvalue weighted by atomic mass is 35.5. The third kappa shape index (κ3) is 5.07. The van der Waals surface area contributed by atoms with E-state index in [2.05, 4.69) is 28.4 Å². The fourth-order valence-corrected chi connectivity index (χ4v) is 4.35. The molecule has 17 heavy (non-hydrogen) atoms. The molecule has 1 nitrogen and oxygen atoms in total. The van der Waals surface area contributed by atoms with Gasteiger partial charge in [0.25, 0.3) is 0 Å². The Hall–Kier alpha value is 0.720. The van der Waals surface area contributed by atoms with Crippen LogP contribution in [-0.4, -0.2) is 21.3 Å². The lowest BCUT2D eigenvalue weighted by Crippen LogP contribution is -2.16. The first-order valence-corrected chi connectivity index (χ1v) is 8.58. The van der Waals surface area contributed by atoms with Crippen LogP contribution < -0.4 is 4.13 Å². The van der Waals surface area contributed by atoms with E-state index in [0.29, 0.717) is 10.5 Å². The first-order valence-electron chi connectivity index (χ1n) is 5.95. The number of hydrogen-bond donors (Lipinski definition) is 1. The van der Waals surface area contributed by atoms with Crippen LogP contribution in [0.2, 0.25) is 0 Å². The van der Waals surface area contributed by atoms with Crippen LogP contribution in [-0.2, 0) is 0 Å². The van der Waals surface area contributed by atoms with E-state index in [-0.39, 0.29) is 10.8 Å². The van der Waals surface area contributed by atoms with Gasteiger partial charge in [-0.3, -0.25) is 0 Å². The molecule has 96 valence electrons. The molecule has 0 spiro atoms. The van der Waals surface area contributed by atoms with Crippen LogP contribution in [0.25, 0.3) is 0 Å². The highest BCUT2D eigenvalue weighted by molar-refractivity contribution is 8.13. The Morgan fingerprint density at radius 3 is 1.59 bits per heavy atom. The summed E-state index contributed by atoms with van der Waals surface area (Å²) in [5.41, 5.74) is 0. The smallest absolute Gasteiger partial charge is 0.0516 e. The summed E-state index contributed by atoms with van der Waals surface area (Å²) < 4.78 is 3.40. The van der Waals surface area contributed by atoms with Crippen molar-refractivity contribution in [3.63, 3.8) is 0 Å². The Morgan fingerprint density at radius 2 is 1.24 bits per heavy atom. The number of halogens is 2. The van der Waals surface area contributed by atoms with Gasteiger partial charge in [0.2, 0.25) is 0 Å². The lowest BCUT2D eigenvalue weighted by Gasteiger charge is -2.21. The van der Waals surface area contributed by atoms with Gasteiger partial charge >= 0.3 is 0 Å². The first kappa shape index (κ1) is 14.1. The standard InChI is InChI=1S/C12H17Cl2NS2/c13-9-1-5-11(6-2-9)16-15-17-12-7-3-10(14)4-8-12/h1,3,5,7,9-12,15H,2,4,6,8H2. The van der Waals surface area contributed by atoms with Crippen LogP contribution in [0.15, 0.2) is 24.3 Å². The van der Waals surface area contributed by atoms with E-state index >= 15 is 0 Å². The van der Waals surface area contributed by atoms with Gasteiger partial charge in [-0.1, -0.05) is 48.2 Å². The lowest BCUT2D eigenvalue weighted by molar-refractivity contribution is 0.743. The van der Waals surface area contributed by atoms with Gasteiger partial charge in [0, 0.05) is 10.5 Å². The maximum atomic E-state index is 6.01. The van der Waals surface area contributed by atoms with Crippen molar-refractivity contribution >= 4 is 47.1 Å². The van der Waals surface area contributed by atoms with Crippen LogP contribution in [0.5, 0.6) is 0 Å². The summed E-state index contributed by atoms with van der Waals surface area (Å²) in [5, 5.41) is 1.60. The van der Waals surface area contributed by atoms with Crippen LogP contribution in [0.1, 0.15) is 25.7 Å². The summed E-state index contributed by atoms with van der Waals surface area (Å²) in [4.78, 5) is 0. The molecule has 5 heteroatoms. The summed E-state index contributed by atoms with van der Waals surface area (Å²) in [7, 11) is 0. The van der Waals surface area contributed by atoms with Crippen molar-refractivity contribution in [1.82, 2.24) is 4.13 Å². The maximum Gasteiger partial charge on any atom is 0.0516 e. The molecule has 0 saturated carbocycles. The summed E-state index contributed by atoms with van der Waals surface area (Å²) in [5.74, 6) is 0. The minimum Gasteiger partial charge on any atom is -0.207 e. The molecule has 0 saturated heterocycles. The normalized spacial score (nSPS) is 37.3. The van der Waals surface area contributed by atoms with Crippen LogP contribution in [0.4, 0.5) is 0 Å². The third-order valence-electron chi connectivity index (χ3n) is 2.92. The molecule has 2 aliphatic carbocycles. The number of alkyl halides is 2. The minimum absolute atomic E-state index is 0.237. The predicted octanol–water partition coefficient (Wildman–Crippen LogP) is 4.52. The summed E-state index contributed by atoms with van der Waals surface area (Å²) in [6.07, 6.45) is 13.1. The van der Waals surface area contributed by atoms with Gasteiger partial charge in [0.05, 0.1) is 10.8 Å². The fourth-order valence-electron chi connectivity index (χ4n) is 1.87. The van der Waals surface area contributed by atoms with Crippen molar-refractivity contribution in [3.8, 4) is 0 Å². The second kappa shape index (κ2) is 7.34. The van der Waals surface area contributed by atoms with Gasteiger partial charge in [-0.25, -0.2) is 4.13 Å². The molecular formula is C12H17Cl2NS2. The van der Waals surface area contributed by atoms with E-state index < -0.39 is 0 Å². The molecule has 0 aromatic carbocycles. The van der Waals surface area contributed by atoms with Crippen LogP contribution in [0.3, 0.4) is 0 Å². The molecule has 2 rings (SSSR count).